The standard InChI is InChI=1S/C18H17N3O3/c1-10-8-11(2)19-14(9-10)21(3)18(24)15-16(22)12-6-4-5-7-13(12)20-17(15)23/h4-9H,1-3H3,(H2,20,22,23). The van der Waals surface area contributed by atoms with Crippen LogP contribution in [0.25, 0.3) is 10.9 Å². The number of rotatable bonds is 2. The highest BCUT2D eigenvalue weighted by molar-refractivity contribution is 6.09. The van der Waals surface area contributed by atoms with Crippen molar-refractivity contribution in [3.05, 3.63) is 63.6 Å². The topological polar surface area (TPSA) is 86.3 Å². The monoisotopic (exact) mass is 323 g/mol. The minimum absolute atomic E-state index is 0.294. The molecule has 3 aromatic rings. The predicted octanol–water partition coefficient (Wildman–Crippen LogP) is 2.52. The van der Waals surface area contributed by atoms with Crippen LogP contribution in [0.2, 0.25) is 0 Å². The van der Waals surface area contributed by atoms with Crippen molar-refractivity contribution in [2.75, 3.05) is 11.9 Å². The third kappa shape index (κ3) is 2.62. The summed E-state index contributed by atoms with van der Waals surface area (Å²) in [6, 6.07) is 10.4. The maximum Gasteiger partial charge on any atom is 0.268 e. The van der Waals surface area contributed by atoms with Gasteiger partial charge in [0.25, 0.3) is 11.5 Å². The number of aromatic hydroxyl groups is 1. The van der Waals surface area contributed by atoms with Crippen molar-refractivity contribution in [3.63, 3.8) is 0 Å². The molecule has 0 aliphatic carbocycles. The number of benzene rings is 1. The first-order valence-corrected chi connectivity index (χ1v) is 7.46. The van der Waals surface area contributed by atoms with Gasteiger partial charge in [0.2, 0.25) is 0 Å². The second-order valence-corrected chi connectivity index (χ2v) is 5.73. The summed E-state index contributed by atoms with van der Waals surface area (Å²) in [7, 11) is 1.53. The number of fused-ring (bicyclic) bond motifs is 1. The summed E-state index contributed by atoms with van der Waals surface area (Å²) in [6.45, 7) is 3.73. The lowest BCUT2D eigenvalue weighted by Crippen LogP contribution is -2.32. The molecule has 0 spiro atoms. The number of aryl methyl sites for hydroxylation is 2. The Morgan fingerprint density at radius 3 is 2.62 bits per heavy atom. The summed E-state index contributed by atoms with van der Waals surface area (Å²) in [5.41, 5.74) is 1.27. The second-order valence-electron chi connectivity index (χ2n) is 5.73. The number of amides is 1. The van der Waals surface area contributed by atoms with Crippen molar-refractivity contribution in [1.29, 1.82) is 0 Å². The Labute approximate surface area is 138 Å². The number of hydrogen-bond acceptors (Lipinski definition) is 4. The molecule has 0 unspecified atom stereocenters. The first-order chi connectivity index (χ1) is 11.4. The number of carbonyl (C=O) groups excluding carboxylic acids is 1. The average molecular weight is 323 g/mol. The minimum atomic E-state index is -0.632. The lowest BCUT2D eigenvalue weighted by atomic mass is 10.1. The van der Waals surface area contributed by atoms with Crippen molar-refractivity contribution in [2.45, 2.75) is 13.8 Å². The molecule has 2 aromatic heterocycles. The number of aromatic amines is 1. The zero-order valence-corrected chi connectivity index (χ0v) is 13.6. The van der Waals surface area contributed by atoms with Gasteiger partial charge in [-0.05, 0) is 43.7 Å². The second kappa shape index (κ2) is 5.81. The van der Waals surface area contributed by atoms with Crippen LogP contribution in [0.5, 0.6) is 5.75 Å². The molecular weight excluding hydrogens is 306 g/mol. The largest absolute Gasteiger partial charge is 0.506 e. The molecule has 3 rings (SSSR count). The van der Waals surface area contributed by atoms with Crippen LogP contribution in [0.1, 0.15) is 21.6 Å². The Bertz CT molecular complexity index is 988. The van der Waals surface area contributed by atoms with Crippen LogP contribution in [0, 0.1) is 13.8 Å². The molecule has 24 heavy (non-hydrogen) atoms. The average Bonchev–Trinajstić information content (AvgIpc) is 2.53. The highest BCUT2D eigenvalue weighted by atomic mass is 16.3. The highest BCUT2D eigenvalue weighted by Gasteiger charge is 2.23. The van der Waals surface area contributed by atoms with Crippen molar-refractivity contribution in [1.82, 2.24) is 9.97 Å². The molecule has 0 atom stereocenters. The van der Waals surface area contributed by atoms with Gasteiger partial charge in [-0.3, -0.25) is 14.5 Å². The highest BCUT2D eigenvalue weighted by Crippen LogP contribution is 2.26. The number of anilines is 1. The fraction of sp³-hybridized carbons (Fsp3) is 0.167. The van der Waals surface area contributed by atoms with E-state index in [-0.39, 0.29) is 11.3 Å². The molecule has 0 aliphatic heterocycles. The Morgan fingerprint density at radius 1 is 1.21 bits per heavy atom. The van der Waals surface area contributed by atoms with E-state index >= 15 is 0 Å². The van der Waals surface area contributed by atoms with Gasteiger partial charge in [0.05, 0.1) is 5.52 Å². The number of aromatic nitrogens is 2. The zero-order valence-electron chi connectivity index (χ0n) is 13.6. The van der Waals surface area contributed by atoms with E-state index in [1.165, 1.54) is 11.9 Å². The molecule has 122 valence electrons. The van der Waals surface area contributed by atoms with E-state index in [4.69, 9.17) is 0 Å². The number of para-hydroxylation sites is 1. The Morgan fingerprint density at radius 2 is 1.92 bits per heavy atom. The van der Waals surface area contributed by atoms with Gasteiger partial charge in [0.1, 0.15) is 17.1 Å². The van der Waals surface area contributed by atoms with E-state index in [1.54, 1.807) is 30.3 Å². The van der Waals surface area contributed by atoms with E-state index in [0.29, 0.717) is 16.7 Å². The molecular formula is C18H17N3O3. The van der Waals surface area contributed by atoms with Gasteiger partial charge in [-0.15, -0.1) is 0 Å². The SMILES string of the molecule is Cc1cc(C)nc(N(C)C(=O)c2c(O)c3ccccc3[nH]c2=O)c1. The molecule has 1 aromatic carbocycles. The van der Waals surface area contributed by atoms with Crippen molar-refractivity contribution < 1.29 is 9.90 Å². The first kappa shape index (κ1) is 15.7. The Kier molecular flexibility index (Phi) is 3.81. The summed E-state index contributed by atoms with van der Waals surface area (Å²) in [4.78, 5) is 33.2. The maximum atomic E-state index is 12.8. The van der Waals surface area contributed by atoms with Crippen LogP contribution < -0.4 is 10.5 Å². The van der Waals surface area contributed by atoms with Gasteiger partial charge in [-0.25, -0.2) is 4.98 Å². The predicted molar refractivity (Wildman–Crippen MR) is 92.7 cm³/mol. The summed E-state index contributed by atoms with van der Waals surface area (Å²) < 4.78 is 0. The molecule has 2 N–H and O–H groups in total. The van der Waals surface area contributed by atoms with Gasteiger partial charge < -0.3 is 10.1 Å². The number of carbonyl (C=O) groups is 1. The summed E-state index contributed by atoms with van der Waals surface area (Å²) in [5, 5.41) is 10.8. The maximum absolute atomic E-state index is 12.8. The van der Waals surface area contributed by atoms with Crippen LogP contribution in [0.4, 0.5) is 5.82 Å². The third-order valence-electron chi connectivity index (χ3n) is 3.84. The lowest BCUT2D eigenvalue weighted by molar-refractivity contribution is 0.0988. The van der Waals surface area contributed by atoms with Gasteiger partial charge in [-0.2, -0.15) is 0 Å². The molecule has 1 amide bonds. The number of nitrogens with zero attached hydrogens (tertiary/aromatic N) is 2. The molecule has 0 radical (unpaired) electrons. The minimum Gasteiger partial charge on any atom is -0.506 e. The fourth-order valence-electron chi connectivity index (χ4n) is 2.69. The van der Waals surface area contributed by atoms with Crippen molar-refractivity contribution in [3.8, 4) is 5.75 Å². The van der Waals surface area contributed by atoms with Crippen LogP contribution in [-0.4, -0.2) is 28.0 Å². The molecule has 6 nitrogen and oxygen atoms in total. The van der Waals surface area contributed by atoms with Crippen molar-refractivity contribution in [2.24, 2.45) is 0 Å². The molecule has 0 fully saturated rings. The van der Waals surface area contributed by atoms with Crippen LogP contribution in [0.3, 0.4) is 0 Å². The fourth-order valence-corrected chi connectivity index (χ4v) is 2.69. The van der Waals surface area contributed by atoms with E-state index in [9.17, 15) is 14.7 Å². The Hall–Kier alpha value is -3.15. The summed E-state index contributed by atoms with van der Waals surface area (Å²) in [5.74, 6) is -0.517. The molecule has 0 saturated carbocycles. The first-order valence-electron chi connectivity index (χ1n) is 7.46. The summed E-state index contributed by atoms with van der Waals surface area (Å²) >= 11 is 0. The smallest absolute Gasteiger partial charge is 0.268 e. The number of nitrogens with one attached hydrogen (secondary N) is 1. The van der Waals surface area contributed by atoms with Gasteiger partial charge in [0, 0.05) is 18.1 Å². The third-order valence-corrected chi connectivity index (χ3v) is 3.84. The zero-order chi connectivity index (χ0) is 17.4. The normalized spacial score (nSPS) is 10.8. The molecule has 2 heterocycles. The molecule has 0 bridgehead atoms. The number of H-pyrrole nitrogens is 1. The van der Waals surface area contributed by atoms with E-state index < -0.39 is 11.5 Å². The van der Waals surface area contributed by atoms with E-state index in [1.807, 2.05) is 19.9 Å². The van der Waals surface area contributed by atoms with E-state index in [2.05, 4.69) is 9.97 Å². The van der Waals surface area contributed by atoms with Crippen LogP contribution in [0.15, 0.2) is 41.2 Å². The van der Waals surface area contributed by atoms with Crippen molar-refractivity contribution >= 4 is 22.6 Å². The quantitative estimate of drug-likeness (QED) is 0.759. The van der Waals surface area contributed by atoms with Gasteiger partial charge >= 0.3 is 0 Å². The van der Waals surface area contributed by atoms with Gasteiger partial charge in [0.15, 0.2) is 0 Å². The molecule has 0 aliphatic rings. The Balaban J connectivity index is 2.13. The van der Waals surface area contributed by atoms with Crippen LogP contribution in [-0.2, 0) is 0 Å². The summed E-state index contributed by atoms with van der Waals surface area (Å²) in [6.07, 6.45) is 0. The molecule has 6 heteroatoms. The number of hydrogen-bond donors (Lipinski definition) is 2. The van der Waals surface area contributed by atoms with Gasteiger partial charge in [-0.1, -0.05) is 12.1 Å². The number of pyridine rings is 2. The lowest BCUT2D eigenvalue weighted by Gasteiger charge is -2.18. The van der Waals surface area contributed by atoms with Crippen LogP contribution >= 0.6 is 0 Å². The molecule has 0 saturated heterocycles. The van der Waals surface area contributed by atoms with E-state index in [0.717, 1.165) is 11.3 Å².